The van der Waals surface area contributed by atoms with E-state index in [0.29, 0.717) is 11.1 Å². The predicted molar refractivity (Wildman–Crippen MR) is 195 cm³/mol. The molecule has 0 atom stereocenters. The molecule has 0 saturated heterocycles. The van der Waals surface area contributed by atoms with E-state index in [-0.39, 0.29) is 23.2 Å². The van der Waals surface area contributed by atoms with Gasteiger partial charge >= 0.3 is 0 Å². The summed E-state index contributed by atoms with van der Waals surface area (Å²) in [5.41, 5.74) is 10.6. The summed E-state index contributed by atoms with van der Waals surface area (Å²) in [5.74, 6) is 1.32. The van der Waals surface area contributed by atoms with Gasteiger partial charge in [-0.25, -0.2) is 9.97 Å². The molecule has 0 amide bonds. The van der Waals surface area contributed by atoms with E-state index in [2.05, 4.69) is 56.5 Å². The second kappa shape index (κ2) is 11.4. The number of aromatic nitrogens is 3. The monoisotopic (exact) mass is 614 g/mol. The summed E-state index contributed by atoms with van der Waals surface area (Å²) in [6, 6.07) is 40.8. The van der Waals surface area contributed by atoms with E-state index in [4.69, 9.17) is 18.5 Å². The minimum Gasteiger partial charge on any atom is -0.437 e. The van der Waals surface area contributed by atoms with Crippen molar-refractivity contribution in [1.29, 1.82) is 0 Å². The van der Waals surface area contributed by atoms with Crippen LogP contribution in [-0.2, 0) is 0 Å². The van der Waals surface area contributed by atoms with Crippen molar-refractivity contribution in [2.75, 3.05) is 0 Å². The highest BCUT2D eigenvalue weighted by atomic mass is 16.3. The number of para-hydroxylation sites is 4. The minimum atomic E-state index is -2.46. The van der Waals surface area contributed by atoms with E-state index in [9.17, 15) is 0 Å². The number of hydrogen-bond donors (Lipinski definition) is 0. The molecule has 0 aliphatic heterocycles. The van der Waals surface area contributed by atoms with Gasteiger partial charge in [0.05, 0.1) is 22.3 Å². The molecule has 0 saturated carbocycles. The van der Waals surface area contributed by atoms with Crippen LogP contribution >= 0.6 is 0 Å². The van der Waals surface area contributed by atoms with Gasteiger partial charge in [-0.05, 0) is 76.8 Å². The van der Waals surface area contributed by atoms with Crippen LogP contribution in [0.4, 0.5) is 0 Å². The molecule has 8 rings (SSSR count). The van der Waals surface area contributed by atoms with E-state index in [1.54, 1.807) is 0 Å². The van der Waals surface area contributed by atoms with Crippen molar-refractivity contribution in [3.63, 3.8) is 0 Å². The summed E-state index contributed by atoms with van der Waals surface area (Å²) < 4.78 is 34.3. The first-order chi connectivity index (χ1) is 24.1. The number of nitrogens with zero attached hydrogens (tertiary/aromatic N) is 3. The van der Waals surface area contributed by atoms with Gasteiger partial charge in [-0.15, -0.1) is 0 Å². The van der Waals surface area contributed by atoms with E-state index in [0.717, 1.165) is 55.6 Å². The number of rotatable bonds is 6. The van der Waals surface area contributed by atoms with Crippen LogP contribution in [0.2, 0.25) is 0 Å². The Morgan fingerprint density at radius 3 is 2.06 bits per heavy atom. The molecule has 0 N–H and O–H groups in total. The number of aryl methyl sites for hydroxylation is 1. The molecule has 8 aromatic rings. The van der Waals surface area contributed by atoms with Crippen molar-refractivity contribution in [2.24, 2.45) is 0 Å². The Kier molecular flexibility index (Phi) is 6.23. The predicted octanol–water partition coefficient (Wildman–Crippen LogP) is 11.9. The van der Waals surface area contributed by atoms with Gasteiger partial charge in [-0.1, -0.05) is 119 Å². The van der Waals surface area contributed by atoms with Crippen LogP contribution in [0.25, 0.3) is 72.4 Å². The highest BCUT2D eigenvalue weighted by molar-refractivity contribution is 6.09. The molecule has 5 aromatic carbocycles. The third kappa shape index (κ3) is 4.83. The van der Waals surface area contributed by atoms with Crippen LogP contribution in [0.5, 0.6) is 0 Å². The van der Waals surface area contributed by atoms with Crippen LogP contribution in [0.15, 0.2) is 126 Å². The second-order valence-electron chi connectivity index (χ2n) is 12.8. The largest absolute Gasteiger partial charge is 0.437 e. The number of hydrogen-bond acceptors (Lipinski definition) is 3. The second-order valence-corrected chi connectivity index (χ2v) is 12.8. The first-order valence-electron chi connectivity index (χ1n) is 17.7. The third-order valence-electron chi connectivity index (χ3n) is 9.14. The van der Waals surface area contributed by atoms with Crippen LogP contribution in [-0.4, -0.2) is 14.5 Å². The number of pyridine rings is 1. The normalized spacial score (nSPS) is 13.1. The highest BCUT2D eigenvalue weighted by Crippen LogP contribution is 2.41. The molecule has 0 fully saturated rings. The van der Waals surface area contributed by atoms with Crippen molar-refractivity contribution < 1.29 is 8.53 Å². The Morgan fingerprint density at radius 2 is 1.30 bits per heavy atom. The summed E-state index contributed by atoms with van der Waals surface area (Å²) >= 11 is 0. The van der Waals surface area contributed by atoms with E-state index in [1.165, 1.54) is 11.1 Å². The highest BCUT2D eigenvalue weighted by Gasteiger charge is 2.24. The van der Waals surface area contributed by atoms with Crippen LogP contribution < -0.4 is 0 Å². The minimum absolute atomic E-state index is 0.00972. The van der Waals surface area contributed by atoms with Gasteiger partial charge < -0.3 is 4.42 Å². The Bertz CT molecular complexity index is 2520. The molecule has 0 bridgehead atoms. The van der Waals surface area contributed by atoms with Crippen molar-refractivity contribution in [1.82, 2.24) is 14.5 Å². The zero-order valence-corrected chi connectivity index (χ0v) is 27.0. The van der Waals surface area contributed by atoms with Gasteiger partial charge in [0.1, 0.15) is 11.4 Å². The average Bonchev–Trinajstić information content (AvgIpc) is 3.69. The summed E-state index contributed by atoms with van der Waals surface area (Å²) in [5, 5.41) is 1.60. The van der Waals surface area contributed by atoms with Crippen molar-refractivity contribution in [3.8, 4) is 39.3 Å². The van der Waals surface area contributed by atoms with E-state index in [1.807, 2.05) is 97.1 Å². The van der Waals surface area contributed by atoms with Gasteiger partial charge in [-0.3, -0.25) is 4.57 Å². The van der Waals surface area contributed by atoms with Gasteiger partial charge in [0.25, 0.3) is 0 Å². The smallest absolute Gasteiger partial charge is 0.227 e. The fourth-order valence-electron chi connectivity index (χ4n) is 6.82. The molecule has 47 heavy (non-hydrogen) atoms. The standard InChI is InChI=1S/C43H37N3O/c1-26(2)32-18-12-19-33(27(3)4)40(32)46-39-23-10-9-22-38(39)45-42(46)35-21-13-20-34-37-25-36(28(5)44-43(37)47-41(34)35)31-17-11-16-30(24-31)29-14-7-6-8-15-29/h6-27H,1-5H3/i5D3. The number of fused-ring (bicyclic) bond motifs is 4. The molecule has 0 unspecified atom stereocenters. The van der Waals surface area contributed by atoms with Gasteiger partial charge in [-0.2, -0.15) is 0 Å². The summed E-state index contributed by atoms with van der Waals surface area (Å²) in [4.78, 5) is 9.97. The lowest BCUT2D eigenvalue weighted by atomic mass is 9.92. The Hall–Kier alpha value is -5.48. The first-order valence-corrected chi connectivity index (χ1v) is 16.2. The Labute approximate surface area is 279 Å². The van der Waals surface area contributed by atoms with Gasteiger partial charge in [0, 0.05) is 26.1 Å². The average molecular weight is 615 g/mol. The number of imidazole rings is 1. The molecular weight excluding hydrogens is 574 g/mol. The van der Waals surface area contributed by atoms with E-state index >= 15 is 0 Å². The van der Waals surface area contributed by atoms with Crippen molar-refractivity contribution in [2.45, 2.75) is 46.4 Å². The maximum absolute atomic E-state index is 8.48. The molecule has 4 heteroatoms. The van der Waals surface area contributed by atoms with Crippen LogP contribution in [0, 0.1) is 6.85 Å². The zero-order chi connectivity index (χ0) is 34.7. The Balaban J connectivity index is 1.40. The first kappa shape index (κ1) is 25.7. The fraction of sp³-hybridized carbons (Fsp3) is 0.163. The molecule has 3 aromatic heterocycles. The quantitative estimate of drug-likeness (QED) is 0.187. The molecule has 0 spiro atoms. The summed E-state index contributed by atoms with van der Waals surface area (Å²) in [6.45, 7) is 6.44. The molecule has 3 heterocycles. The topological polar surface area (TPSA) is 43.9 Å². The summed E-state index contributed by atoms with van der Waals surface area (Å²) in [6.07, 6.45) is 0. The Morgan fingerprint density at radius 1 is 0.617 bits per heavy atom. The fourth-order valence-corrected chi connectivity index (χ4v) is 6.82. The number of furan rings is 1. The maximum atomic E-state index is 8.48. The lowest BCUT2D eigenvalue weighted by Crippen LogP contribution is -2.08. The third-order valence-corrected chi connectivity index (χ3v) is 9.14. The molecular formula is C43H37N3O. The van der Waals surface area contributed by atoms with Gasteiger partial charge in [0.2, 0.25) is 5.71 Å². The van der Waals surface area contributed by atoms with Crippen molar-refractivity contribution >= 4 is 33.1 Å². The maximum Gasteiger partial charge on any atom is 0.227 e. The SMILES string of the molecule is [2H]C([2H])([2H])c1nc2oc3c(-c4nc5ccccc5n4-c4c(C(C)C)cccc4C(C)C)cccc3c2cc1-c1cccc(-c2ccccc2)c1. The molecule has 230 valence electrons. The van der Waals surface area contributed by atoms with Crippen LogP contribution in [0.3, 0.4) is 0 Å². The number of benzene rings is 5. The lowest BCUT2D eigenvalue weighted by molar-refractivity contribution is 0.653. The molecule has 0 aliphatic rings. The molecule has 0 radical (unpaired) electrons. The molecule has 4 nitrogen and oxygen atoms in total. The molecule has 0 aliphatic carbocycles. The lowest BCUT2D eigenvalue weighted by Gasteiger charge is -2.22. The zero-order valence-electron chi connectivity index (χ0n) is 30.0. The van der Waals surface area contributed by atoms with E-state index < -0.39 is 6.85 Å². The van der Waals surface area contributed by atoms with Crippen LogP contribution in [0.1, 0.15) is 60.5 Å². The van der Waals surface area contributed by atoms with Crippen molar-refractivity contribution in [3.05, 3.63) is 138 Å². The van der Waals surface area contributed by atoms with Gasteiger partial charge in [0.15, 0.2) is 0 Å². The summed E-state index contributed by atoms with van der Waals surface area (Å²) in [7, 11) is 0.